The molecule has 64 valence electrons. The van der Waals surface area contributed by atoms with Crippen LogP contribution in [0.15, 0.2) is 22.7 Å². The average Bonchev–Trinajstić information content (AvgIpc) is 2.49. The molecule has 2 N–H and O–H groups in total. The Morgan fingerprint density at radius 2 is 2.25 bits per heavy atom. The summed E-state index contributed by atoms with van der Waals surface area (Å²) in [5.41, 5.74) is 8.59. The van der Waals surface area contributed by atoms with Crippen LogP contribution < -0.4 is 5.73 Å². The van der Waals surface area contributed by atoms with Gasteiger partial charge in [-0.2, -0.15) is 0 Å². The highest BCUT2D eigenvalue weighted by Gasteiger charge is 2.21. The molecule has 1 aliphatic rings. The molecule has 0 radical (unpaired) electrons. The van der Waals surface area contributed by atoms with E-state index >= 15 is 0 Å². The zero-order chi connectivity index (χ0) is 8.55. The lowest BCUT2D eigenvalue weighted by Crippen LogP contribution is -2.13. The SMILES string of the molecule is NCC1Cc2cccc(Br)c2C1. The third-order valence-electron chi connectivity index (χ3n) is 2.55. The minimum atomic E-state index is 0.665. The van der Waals surface area contributed by atoms with E-state index in [1.165, 1.54) is 15.6 Å². The van der Waals surface area contributed by atoms with E-state index in [9.17, 15) is 0 Å². The van der Waals surface area contributed by atoms with Crippen molar-refractivity contribution in [2.45, 2.75) is 12.8 Å². The fraction of sp³-hybridized carbons (Fsp3) is 0.400. The Bertz CT molecular complexity index is 296. The van der Waals surface area contributed by atoms with Crippen LogP contribution in [0.25, 0.3) is 0 Å². The summed E-state index contributed by atoms with van der Waals surface area (Å²) in [6.07, 6.45) is 2.30. The van der Waals surface area contributed by atoms with Gasteiger partial charge in [0.2, 0.25) is 0 Å². The first-order chi connectivity index (χ1) is 5.81. The second-order valence-electron chi connectivity index (χ2n) is 3.39. The summed E-state index contributed by atoms with van der Waals surface area (Å²) in [7, 11) is 0. The number of rotatable bonds is 1. The molecule has 12 heavy (non-hydrogen) atoms. The summed E-state index contributed by atoms with van der Waals surface area (Å²) < 4.78 is 1.25. The molecule has 0 aliphatic heterocycles. The Kier molecular flexibility index (Phi) is 2.20. The van der Waals surface area contributed by atoms with Crippen LogP contribution in [0.5, 0.6) is 0 Å². The molecule has 1 unspecified atom stereocenters. The second kappa shape index (κ2) is 3.19. The predicted octanol–water partition coefficient (Wildman–Crippen LogP) is 2.12. The topological polar surface area (TPSA) is 26.0 Å². The highest BCUT2D eigenvalue weighted by Crippen LogP contribution is 2.31. The molecule has 0 spiro atoms. The minimum absolute atomic E-state index is 0.665. The Hall–Kier alpha value is -0.340. The lowest BCUT2D eigenvalue weighted by Gasteiger charge is -2.01. The lowest BCUT2D eigenvalue weighted by molar-refractivity contribution is 0.575. The van der Waals surface area contributed by atoms with Gasteiger partial charge < -0.3 is 5.73 Å². The van der Waals surface area contributed by atoms with Gasteiger partial charge in [0.05, 0.1) is 0 Å². The van der Waals surface area contributed by atoms with Crippen LogP contribution in [-0.4, -0.2) is 6.54 Å². The second-order valence-corrected chi connectivity index (χ2v) is 4.24. The number of fused-ring (bicyclic) bond motifs is 1. The number of nitrogens with two attached hydrogens (primary N) is 1. The van der Waals surface area contributed by atoms with Gasteiger partial charge in [0.25, 0.3) is 0 Å². The summed E-state index contributed by atoms with van der Waals surface area (Å²) in [5, 5.41) is 0. The highest BCUT2D eigenvalue weighted by atomic mass is 79.9. The third kappa shape index (κ3) is 1.29. The predicted molar refractivity (Wildman–Crippen MR) is 54.1 cm³/mol. The molecule has 0 amide bonds. The first kappa shape index (κ1) is 8.27. The number of benzene rings is 1. The van der Waals surface area contributed by atoms with Crippen molar-refractivity contribution in [2.75, 3.05) is 6.54 Å². The van der Waals surface area contributed by atoms with Crippen molar-refractivity contribution < 1.29 is 0 Å². The van der Waals surface area contributed by atoms with Gasteiger partial charge in [-0.15, -0.1) is 0 Å². The van der Waals surface area contributed by atoms with Gasteiger partial charge in [-0.3, -0.25) is 0 Å². The molecule has 1 aromatic rings. The van der Waals surface area contributed by atoms with Crippen molar-refractivity contribution in [2.24, 2.45) is 11.7 Å². The van der Waals surface area contributed by atoms with Gasteiger partial charge in [-0.05, 0) is 42.5 Å². The summed E-state index contributed by atoms with van der Waals surface area (Å²) in [5.74, 6) is 0.665. The smallest absolute Gasteiger partial charge is 0.0210 e. The Labute approximate surface area is 81.1 Å². The zero-order valence-corrected chi connectivity index (χ0v) is 8.47. The van der Waals surface area contributed by atoms with Crippen molar-refractivity contribution in [1.29, 1.82) is 0 Å². The maximum absolute atomic E-state index is 5.65. The molecule has 0 bridgehead atoms. The molecule has 0 saturated heterocycles. The van der Waals surface area contributed by atoms with E-state index in [0.29, 0.717) is 5.92 Å². The molecule has 1 aliphatic carbocycles. The third-order valence-corrected chi connectivity index (χ3v) is 3.29. The molecule has 1 atom stereocenters. The Balaban J connectivity index is 2.35. The maximum Gasteiger partial charge on any atom is 0.0210 e. The molecule has 0 fully saturated rings. The van der Waals surface area contributed by atoms with Gasteiger partial charge in [-0.25, -0.2) is 0 Å². The molecule has 0 aromatic heterocycles. The number of hydrogen-bond donors (Lipinski definition) is 1. The van der Waals surface area contributed by atoms with E-state index < -0.39 is 0 Å². The molecular weight excluding hydrogens is 214 g/mol. The summed E-state index contributed by atoms with van der Waals surface area (Å²) in [4.78, 5) is 0. The van der Waals surface area contributed by atoms with E-state index in [1.54, 1.807) is 0 Å². The van der Waals surface area contributed by atoms with E-state index in [0.717, 1.165) is 19.4 Å². The van der Waals surface area contributed by atoms with E-state index in [1.807, 2.05) is 0 Å². The first-order valence-electron chi connectivity index (χ1n) is 4.27. The highest BCUT2D eigenvalue weighted by molar-refractivity contribution is 9.10. The summed E-state index contributed by atoms with van der Waals surface area (Å²) in [6, 6.07) is 6.41. The average molecular weight is 226 g/mol. The van der Waals surface area contributed by atoms with E-state index in [4.69, 9.17) is 5.73 Å². The zero-order valence-electron chi connectivity index (χ0n) is 6.89. The number of halogens is 1. The standard InChI is InChI=1S/C10H12BrN/c11-10-3-1-2-8-4-7(6-12)5-9(8)10/h1-3,7H,4-6,12H2. The molecule has 2 heteroatoms. The Morgan fingerprint density at radius 1 is 1.42 bits per heavy atom. The number of hydrogen-bond acceptors (Lipinski definition) is 1. The summed E-state index contributed by atoms with van der Waals surface area (Å²) in [6.45, 7) is 0.807. The maximum atomic E-state index is 5.65. The minimum Gasteiger partial charge on any atom is -0.330 e. The molecule has 1 nitrogen and oxygen atoms in total. The normalized spacial score (nSPS) is 21.0. The molecule has 0 saturated carbocycles. The van der Waals surface area contributed by atoms with Gasteiger partial charge in [-0.1, -0.05) is 28.1 Å². The van der Waals surface area contributed by atoms with Crippen LogP contribution >= 0.6 is 15.9 Å². The quantitative estimate of drug-likeness (QED) is 0.779. The molecular formula is C10H12BrN. The van der Waals surface area contributed by atoms with Crippen molar-refractivity contribution >= 4 is 15.9 Å². The first-order valence-corrected chi connectivity index (χ1v) is 5.07. The fourth-order valence-corrected chi connectivity index (χ4v) is 2.43. The van der Waals surface area contributed by atoms with Gasteiger partial charge in [0.1, 0.15) is 0 Å². The fourth-order valence-electron chi connectivity index (χ4n) is 1.86. The van der Waals surface area contributed by atoms with E-state index in [2.05, 4.69) is 34.1 Å². The van der Waals surface area contributed by atoms with E-state index in [-0.39, 0.29) is 0 Å². The van der Waals surface area contributed by atoms with Crippen LogP contribution in [0.2, 0.25) is 0 Å². The largest absolute Gasteiger partial charge is 0.330 e. The molecule has 1 aromatic carbocycles. The molecule has 0 heterocycles. The van der Waals surface area contributed by atoms with Crippen LogP contribution in [0.4, 0.5) is 0 Å². The van der Waals surface area contributed by atoms with Crippen molar-refractivity contribution in [1.82, 2.24) is 0 Å². The summed E-state index contributed by atoms with van der Waals surface area (Å²) >= 11 is 3.56. The lowest BCUT2D eigenvalue weighted by atomic mass is 10.1. The van der Waals surface area contributed by atoms with Crippen LogP contribution in [0.3, 0.4) is 0 Å². The monoisotopic (exact) mass is 225 g/mol. The van der Waals surface area contributed by atoms with Crippen LogP contribution in [0, 0.1) is 5.92 Å². The van der Waals surface area contributed by atoms with Gasteiger partial charge in [0, 0.05) is 4.47 Å². The molecule has 2 rings (SSSR count). The van der Waals surface area contributed by atoms with Crippen molar-refractivity contribution in [3.05, 3.63) is 33.8 Å². The van der Waals surface area contributed by atoms with Gasteiger partial charge in [0.15, 0.2) is 0 Å². The van der Waals surface area contributed by atoms with Crippen molar-refractivity contribution in [3.63, 3.8) is 0 Å². The van der Waals surface area contributed by atoms with Crippen LogP contribution in [0.1, 0.15) is 11.1 Å². The Morgan fingerprint density at radius 3 is 2.92 bits per heavy atom. The van der Waals surface area contributed by atoms with Gasteiger partial charge >= 0.3 is 0 Å². The van der Waals surface area contributed by atoms with Crippen LogP contribution in [-0.2, 0) is 12.8 Å². The van der Waals surface area contributed by atoms with Crippen molar-refractivity contribution in [3.8, 4) is 0 Å².